The number of aromatic amines is 1. The number of hydrogen-bond donors (Lipinski definition) is 2. The Morgan fingerprint density at radius 3 is 3.07 bits per heavy atom. The van der Waals surface area contributed by atoms with E-state index in [0.717, 1.165) is 56.4 Å². The molecule has 1 aromatic carbocycles. The Kier molecular flexibility index (Phi) is 5.32. The number of nitrogens with one attached hydrogen (secondary N) is 2. The predicted molar refractivity (Wildman–Crippen MR) is 104 cm³/mol. The minimum atomic E-state index is 0.0431. The summed E-state index contributed by atoms with van der Waals surface area (Å²) in [6.45, 7) is 1.49. The second-order valence-electron chi connectivity index (χ2n) is 7.58. The summed E-state index contributed by atoms with van der Waals surface area (Å²) in [6, 6.07) is 6.50. The van der Waals surface area contributed by atoms with Crippen LogP contribution in [0.15, 0.2) is 30.6 Å². The number of piperidine rings is 1. The minimum Gasteiger partial charge on any atom is -0.497 e. The van der Waals surface area contributed by atoms with E-state index in [-0.39, 0.29) is 12.1 Å². The Labute approximate surface area is 160 Å². The zero-order valence-electron chi connectivity index (χ0n) is 15.9. The van der Waals surface area contributed by atoms with Gasteiger partial charge in [0.25, 0.3) is 0 Å². The van der Waals surface area contributed by atoms with Gasteiger partial charge in [-0.25, -0.2) is 4.79 Å². The normalized spacial score (nSPS) is 22.2. The minimum absolute atomic E-state index is 0.0431. The van der Waals surface area contributed by atoms with Gasteiger partial charge in [-0.3, -0.25) is 5.10 Å². The fourth-order valence-electron chi connectivity index (χ4n) is 4.51. The van der Waals surface area contributed by atoms with Crippen LogP contribution in [0.25, 0.3) is 0 Å². The van der Waals surface area contributed by atoms with E-state index in [2.05, 4.69) is 27.6 Å². The third-order valence-corrected chi connectivity index (χ3v) is 5.96. The van der Waals surface area contributed by atoms with Crippen LogP contribution in [0.4, 0.5) is 4.79 Å². The first-order chi connectivity index (χ1) is 13.3. The lowest BCUT2D eigenvalue weighted by Crippen LogP contribution is -2.45. The van der Waals surface area contributed by atoms with Crippen molar-refractivity contribution in [2.24, 2.45) is 0 Å². The summed E-state index contributed by atoms with van der Waals surface area (Å²) in [5.41, 5.74) is 3.81. The molecule has 0 unspecified atom stereocenters. The van der Waals surface area contributed by atoms with Crippen molar-refractivity contribution in [2.45, 2.75) is 50.5 Å². The van der Waals surface area contributed by atoms with Crippen LogP contribution in [0.2, 0.25) is 0 Å². The molecule has 6 heteroatoms. The Hall–Kier alpha value is -2.50. The van der Waals surface area contributed by atoms with Gasteiger partial charge >= 0.3 is 6.03 Å². The molecule has 2 aliphatic rings. The van der Waals surface area contributed by atoms with Crippen molar-refractivity contribution in [3.63, 3.8) is 0 Å². The number of carbonyl (C=O) groups is 1. The van der Waals surface area contributed by atoms with Crippen LogP contribution in [-0.2, 0) is 6.42 Å². The van der Waals surface area contributed by atoms with Crippen molar-refractivity contribution in [2.75, 3.05) is 20.2 Å². The number of urea groups is 1. The summed E-state index contributed by atoms with van der Waals surface area (Å²) in [5.74, 6) is 1.29. The van der Waals surface area contributed by atoms with E-state index < -0.39 is 0 Å². The number of methoxy groups -OCH3 is 1. The molecule has 0 radical (unpaired) electrons. The zero-order valence-corrected chi connectivity index (χ0v) is 15.9. The number of aromatic nitrogens is 2. The molecule has 2 heterocycles. The summed E-state index contributed by atoms with van der Waals surface area (Å²) >= 11 is 0. The Morgan fingerprint density at radius 2 is 2.26 bits per heavy atom. The van der Waals surface area contributed by atoms with Crippen LogP contribution in [0.3, 0.4) is 0 Å². The molecule has 144 valence electrons. The van der Waals surface area contributed by atoms with Crippen LogP contribution in [0.5, 0.6) is 5.75 Å². The molecule has 0 saturated carbocycles. The molecular weight excluding hydrogens is 340 g/mol. The van der Waals surface area contributed by atoms with Crippen molar-refractivity contribution in [3.8, 4) is 5.75 Å². The summed E-state index contributed by atoms with van der Waals surface area (Å²) in [5, 5.41) is 10.1. The summed E-state index contributed by atoms with van der Waals surface area (Å²) in [7, 11) is 1.71. The van der Waals surface area contributed by atoms with Crippen LogP contribution in [0, 0.1) is 0 Å². The maximum atomic E-state index is 12.9. The molecule has 27 heavy (non-hydrogen) atoms. The standard InChI is InChI=1S/C21H28N4O2/c1-27-18-8-9-19-15(11-18)5-4-6-16(19)12-22-21(26)25-10-3-2-7-20(25)17-13-23-24-14-17/h8-9,11,13-14,16,20H,2-7,10,12H2,1H3,(H,22,26)(H,23,24)/t16-,20-/m1/s1. The molecular formula is C21H28N4O2. The number of likely N-dealkylation sites (tertiary alicyclic amines) is 1. The summed E-state index contributed by atoms with van der Waals surface area (Å²) in [4.78, 5) is 14.9. The SMILES string of the molecule is COc1ccc2c(c1)CCC[C@@H]2CNC(=O)N1CCCC[C@@H]1c1cn[nH]c1. The maximum Gasteiger partial charge on any atom is 0.317 e. The second kappa shape index (κ2) is 8.03. The van der Waals surface area contributed by atoms with Gasteiger partial charge in [0.1, 0.15) is 5.75 Å². The van der Waals surface area contributed by atoms with Gasteiger partial charge in [-0.15, -0.1) is 0 Å². The number of aryl methyl sites for hydroxylation is 1. The highest BCUT2D eigenvalue weighted by atomic mass is 16.5. The predicted octanol–water partition coefficient (Wildman–Crippen LogP) is 3.78. The number of H-pyrrole nitrogens is 1. The van der Waals surface area contributed by atoms with E-state index >= 15 is 0 Å². The monoisotopic (exact) mass is 368 g/mol. The molecule has 1 fully saturated rings. The van der Waals surface area contributed by atoms with Crippen molar-refractivity contribution in [1.29, 1.82) is 0 Å². The van der Waals surface area contributed by atoms with Crippen LogP contribution < -0.4 is 10.1 Å². The fraction of sp³-hybridized carbons (Fsp3) is 0.524. The maximum absolute atomic E-state index is 12.9. The highest BCUT2D eigenvalue weighted by molar-refractivity contribution is 5.75. The first-order valence-electron chi connectivity index (χ1n) is 9.96. The Balaban J connectivity index is 1.42. The molecule has 1 saturated heterocycles. The van der Waals surface area contributed by atoms with Crippen LogP contribution >= 0.6 is 0 Å². The number of ether oxygens (including phenoxy) is 1. The van der Waals surface area contributed by atoms with E-state index in [1.165, 1.54) is 11.1 Å². The van der Waals surface area contributed by atoms with Gasteiger partial charge < -0.3 is 15.0 Å². The summed E-state index contributed by atoms with van der Waals surface area (Å²) in [6.07, 6.45) is 10.3. The number of hydrogen-bond acceptors (Lipinski definition) is 3. The lowest BCUT2D eigenvalue weighted by atomic mass is 9.82. The molecule has 2 aromatic rings. The number of fused-ring (bicyclic) bond motifs is 1. The van der Waals surface area contributed by atoms with E-state index in [4.69, 9.17) is 4.74 Å². The summed E-state index contributed by atoms with van der Waals surface area (Å²) < 4.78 is 5.36. The van der Waals surface area contributed by atoms with Gasteiger partial charge in [0.15, 0.2) is 0 Å². The van der Waals surface area contributed by atoms with E-state index in [9.17, 15) is 4.79 Å². The van der Waals surface area contributed by atoms with E-state index in [1.54, 1.807) is 7.11 Å². The van der Waals surface area contributed by atoms with Crippen molar-refractivity contribution < 1.29 is 9.53 Å². The number of amides is 2. The molecule has 2 amide bonds. The quantitative estimate of drug-likeness (QED) is 0.863. The average molecular weight is 368 g/mol. The Bertz CT molecular complexity index is 774. The highest BCUT2D eigenvalue weighted by Crippen LogP contribution is 2.34. The van der Waals surface area contributed by atoms with Gasteiger partial charge in [0.05, 0.1) is 19.3 Å². The van der Waals surface area contributed by atoms with Crippen molar-refractivity contribution >= 4 is 6.03 Å². The van der Waals surface area contributed by atoms with E-state index in [1.807, 2.05) is 23.4 Å². The molecule has 2 N–H and O–H groups in total. The smallest absolute Gasteiger partial charge is 0.317 e. The van der Waals surface area contributed by atoms with E-state index in [0.29, 0.717) is 12.5 Å². The highest BCUT2D eigenvalue weighted by Gasteiger charge is 2.29. The van der Waals surface area contributed by atoms with Crippen LogP contribution in [-0.4, -0.2) is 41.3 Å². The van der Waals surface area contributed by atoms with Gasteiger partial charge in [-0.05, 0) is 61.8 Å². The molecule has 1 aliphatic heterocycles. The zero-order chi connectivity index (χ0) is 18.6. The lowest BCUT2D eigenvalue weighted by Gasteiger charge is -2.36. The average Bonchev–Trinajstić information content (AvgIpc) is 3.26. The number of carbonyl (C=O) groups excluding carboxylic acids is 1. The second-order valence-corrected chi connectivity index (χ2v) is 7.58. The number of rotatable bonds is 4. The first kappa shape index (κ1) is 17.9. The van der Waals surface area contributed by atoms with Crippen LogP contribution in [0.1, 0.15) is 60.8 Å². The molecule has 0 bridgehead atoms. The number of benzene rings is 1. The molecule has 6 nitrogen and oxygen atoms in total. The largest absolute Gasteiger partial charge is 0.497 e. The molecule has 0 spiro atoms. The fourth-order valence-corrected chi connectivity index (χ4v) is 4.51. The third-order valence-electron chi connectivity index (χ3n) is 5.96. The molecule has 2 atom stereocenters. The number of nitrogens with zero attached hydrogens (tertiary/aromatic N) is 2. The van der Waals surface area contributed by atoms with Gasteiger partial charge in [-0.2, -0.15) is 5.10 Å². The van der Waals surface area contributed by atoms with Gasteiger partial charge in [-0.1, -0.05) is 6.07 Å². The van der Waals surface area contributed by atoms with Gasteiger partial charge in [0, 0.05) is 30.8 Å². The Morgan fingerprint density at radius 1 is 1.33 bits per heavy atom. The van der Waals surface area contributed by atoms with Crippen molar-refractivity contribution in [1.82, 2.24) is 20.4 Å². The molecule has 4 rings (SSSR count). The molecule has 1 aliphatic carbocycles. The van der Waals surface area contributed by atoms with Crippen molar-refractivity contribution in [3.05, 3.63) is 47.3 Å². The van der Waals surface area contributed by atoms with Gasteiger partial charge in [0.2, 0.25) is 0 Å². The lowest BCUT2D eigenvalue weighted by molar-refractivity contribution is 0.151. The molecule has 1 aromatic heterocycles. The first-order valence-corrected chi connectivity index (χ1v) is 9.96. The topological polar surface area (TPSA) is 70.2 Å². The third kappa shape index (κ3) is 3.80.